The first-order valence-electron chi connectivity index (χ1n) is 4.61. The van der Waals surface area contributed by atoms with Gasteiger partial charge in [-0.25, -0.2) is 0 Å². The van der Waals surface area contributed by atoms with E-state index in [1.807, 2.05) is 12.1 Å². The predicted molar refractivity (Wildman–Crippen MR) is 62.9 cm³/mol. The molecule has 76 valence electrons. The van der Waals surface area contributed by atoms with Crippen molar-refractivity contribution < 1.29 is 4.74 Å². The SMILES string of the molecule is CCc1cc(CC(N)=S)ccc1OC. The summed E-state index contributed by atoms with van der Waals surface area (Å²) in [7, 11) is 1.68. The van der Waals surface area contributed by atoms with Gasteiger partial charge in [0.25, 0.3) is 0 Å². The van der Waals surface area contributed by atoms with Gasteiger partial charge in [0.15, 0.2) is 0 Å². The van der Waals surface area contributed by atoms with Gasteiger partial charge in [-0.1, -0.05) is 31.3 Å². The van der Waals surface area contributed by atoms with Crippen molar-refractivity contribution in [2.75, 3.05) is 7.11 Å². The summed E-state index contributed by atoms with van der Waals surface area (Å²) in [6.45, 7) is 2.10. The summed E-state index contributed by atoms with van der Waals surface area (Å²) >= 11 is 4.86. The van der Waals surface area contributed by atoms with Crippen LogP contribution in [0.5, 0.6) is 5.75 Å². The molecule has 1 aromatic rings. The Morgan fingerprint density at radius 3 is 2.71 bits per heavy atom. The first kappa shape index (κ1) is 11.0. The highest BCUT2D eigenvalue weighted by Crippen LogP contribution is 2.20. The Morgan fingerprint density at radius 1 is 1.50 bits per heavy atom. The average molecular weight is 209 g/mol. The summed E-state index contributed by atoms with van der Waals surface area (Å²) in [5, 5.41) is 0. The van der Waals surface area contributed by atoms with E-state index < -0.39 is 0 Å². The van der Waals surface area contributed by atoms with Crippen LogP contribution in [0, 0.1) is 0 Å². The third-order valence-electron chi connectivity index (χ3n) is 2.10. The highest BCUT2D eigenvalue weighted by atomic mass is 32.1. The fraction of sp³-hybridized carbons (Fsp3) is 0.364. The molecule has 0 amide bonds. The first-order chi connectivity index (χ1) is 6.67. The van der Waals surface area contributed by atoms with Crippen LogP contribution in [0.25, 0.3) is 0 Å². The third-order valence-corrected chi connectivity index (χ3v) is 2.25. The molecular formula is C11H15NOS. The van der Waals surface area contributed by atoms with E-state index in [-0.39, 0.29) is 0 Å². The van der Waals surface area contributed by atoms with Crippen molar-refractivity contribution in [3.8, 4) is 5.75 Å². The second-order valence-electron chi connectivity index (χ2n) is 3.14. The van der Waals surface area contributed by atoms with Crippen LogP contribution in [0.3, 0.4) is 0 Å². The highest BCUT2D eigenvalue weighted by molar-refractivity contribution is 7.80. The molecule has 0 aliphatic carbocycles. The Hall–Kier alpha value is -1.09. The summed E-state index contributed by atoms with van der Waals surface area (Å²) in [5.41, 5.74) is 7.83. The smallest absolute Gasteiger partial charge is 0.122 e. The van der Waals surface area contributed by atoms with Gasteiger partial charge in [-0.3, -0.25) is 0 Å². The lowest BCUT2D eigenvalue weighted by atomic mass is 10.1. The second kappa shape index (κ2) is 4.96. The third kappa shape index (κ3) is 2.70. The van der Waals surface area contributed by atoms with Gasteiger partial charge in [-0.15, -0.1) is 0 Å². The van der Waals surface area contributed by atoms with Gasteiger partial charge < -0.3 is 10.5 Å². The van der Waals surface area contributed by atoms with Gasteiger partial charge in [0.2, 0.25) is 0 Å². The van der Waals surface area contributed by atoms with Crippen LogP contribution in [-0.2, 0) is 12.8 Å². The number of hydrogen-bond donors (Lipinski definition) is 1. The maximum absolute atomic E-state index is 5.49. The maximum atomic E-state index is 5.49. The molecule has 0 aliphatic heterocycles. The van der Waals surface area contributed by atoms with Crippen LogP contribution in [0.2, 0.25) is 0 Å². The molecule has 0 saturated heterocycles. The summed E-state index contributed by atoms with van der Waals surface area (Å²) in [5.74, 6) is 0.930. The van der Waals surface area contributed by atoms with Gasteiger partial charge in [-0.2, -0.15) is 0 Å². The van der Waals surface area contributed by atoms with E-state index in [2.05, 4.69) is 13.0 Å². The molecule has 0 atom stereocenters. The highest BCUT2D eigenvalue weighted by Gasteiger charge is 2.02. The monoisotopic (exact) mass is 209 g/mol. The van der Waals surface area contributed by atoms with E-state index in [1.54, 1.807) is 7.11 Å². The molecular weight excluding hydrogens is 194 g/mol. The van der Waals surface area contributed by atoms with E-state index in [0.29, 0.717) is 11.4 Å². The minimum atomic E-state index is 0.525. The van der Waals surface area contributed by atoms with E-state index in [0.717, 1.165) is 17.7 Å². The minimum absolute atomic E-state index is 0.525. The number of thiocarbonyl (C=S) groups is 1. The van der Waals surface area contributed by atoms with Gasteiger partial charge in [0, 0.05) is 6.42 Å². The average Bonchev–Trinajstić information content (AvgIpc) is 2.16. The van der Waals surface area contributed by atoms with Crippen molar-refractivity contribution in [2.45, 2.75) is 19.8 Å². The number of hydrogen-bond acceptors (Lipinski definition) is 2. The van der Waals surface area contributed by atoms with Crippen LogP contribution < -0.4 is 10.5 Å². The lowest BCUT2D eigenvalue weighted by Crippen LogP contribution is -2.11. The zero-order valence-electron chi connectivity index (χ0n) is 8.54. The number of rotatable bonds is 4. The summed E-state index contributed by atoms with van der Waals surface area (Å²) in [6.07, 6.45) is 1.61. The Morgan fingerprint density at radius 2 is 2.21 bits per heavy atom. The van der Waals surface area contributed by atoms with Gasteiger partial charge in [0.1, 0.15) is 5.75 Å². The first-order valence-corrected chi connectivity index (χ1v) is 5.02. The predicted octanol–water partition coefficient (Wildman–Crippen LogP) is 2.09. The number of benzene rings is 1. The van der Waals surface area contributed by atoms with Crippen molar-refractivity contribution in [2.24, 2.45) is 5.73 Å². The van der Waals surface area contributed by atoms with Crippen molar-refractivity contribution in [3.05, 3.63) is 29.3 Å². The number of ether oxygens (including phenoxy) is 1. The largest absolute Gasteiger partial charge is 0.496 e. The molecule has 0 saturated carbocycles. The van der Waals surface area contributed by atoms with Gasteiger partial charge >= 0.3 is 0 Å². The zero-order valence-corrected chi connectivity index (χ0v) is 9.36. The molecule has 2 nitrogen and oxygen atoms in total. The van der Waals surface area contributed by atoms with Crippen LogP contribution in [0.4, 0.5) is 0 Å². The van der Waals surface area contributed by atoms with Crippen LogP contribution in [-0.4, -0.2) is 12.1 Å². The Labute approximate surface area is 90.1 Å². The molecule has 3 heteroatoms. The van der Waals surface area contributed by atoms with E-state index in [9.17, 15) is 0 Å². The molecule has 14 heavy (non-hydrogen) atoms. The van der Waals surface area contributed by atoms with Gasteiger partial charge in [-0.05, 0) is 23.6 Å². The molecule has 0 fully saturated rings. The second-order valence-corrected chi connectivity index (χ2v) is 3.67. The summed E-state index contributed by atoms with van der Waals surface area (Å²) in [4.78, 5) is 0.525. The molecule has 0 aromatic heterocycles. The number of methoxy groups -OCH3 is 1. The molecule has 0 bridgehead atoms. The molecule has 0 aliphatic rings. The topological polar surface area (TPSA) is 35.2 Å². The number of aryl methyl sites for hydroxylation is 1. The van der Waals surface area contributed by atoms with E-state index >= 15 is 0 Å². The Bertz CT molecular complexity index is 336. The molecule has 0 spiro atoms. The minimum Gasteiger partial charge on any atom is -0.496 e. The molecule has 1 aromatic carbocycles. The molecule has 0 heterocycles. The van der Waals surface area contributed by atoms with Crippen molar-refractivity contribution in [3.63, 3.8) is 0 Å². The summed E-state index contributed by atoms with van der Waals surface area (Å²) in [6, 6.07) is 6.06. The molecule has 0 unspecified atom stereocenters. The van der Waals surface area contributed by atoms with E-state index in [4.69, 9.17) is 22.7 Å². The van der Waals surface area contributed by atoms with Crippen LogP contribution >= 0.6 is 12.2 Å². The van der Waals surface area contributed by atoms with E-state index in [1.165, 1.54) is 5.56 Å². The lowest BCUT2D eigenvalue weighted by Gasteiger charge is -2.08. The number of nitrogens with two attached hydrogens (primary N) is 1. The van der Waals surface area contributed by atoms with Gasteiger partial charge in [0.05, 0.1) is 12.1 Å². The van der Waals surface area contributed by atoms with Crippen LogP contribution in [0.1, 0.15) is 18.1 Å². The fourth-order valence-corrected chi connectivity index (χ4v) is 1.59. The van der Waals surface area contributed by atoms with Crippen molar-refractivity contribution in [1.29, 1.82) is 0 Å². The molecule has 0 radical (unpaired) electrons. The normalized spacial score (nSPS) is 9.86. The lowest BCUT2D eigenvalue weighted by molar-refractivity contribution is 0.410. The fourth-order valence-electron chi connectivity index (χ4n) is 1.42. The summed E-state index contributed by atoms with van der Waals surface area (Å²) < 4.78 is 5.23. The Balaban J connectivity index is 2.95. The molecule has 1 rings (SSSR count). The quantitative estimate of drug-likeness (QED) is 0.771. The van der Waals surface area contributed by atoms with Crippen molar-refractivity contribution >= 4 is 17.2 Å². The molecule has 2 N–H and O–H groups in total. The standard InChI is InChI=1S/C11H15NOS/c1-3-9-6-8(7-11(12)14)4-5-10(9)13-2/h4-6H,3,7H2,1-2H3,(H2,12,14). The van der Waals surface area contributed by atoms with Crippen molar-refractivity contribution in [1.82, 2.24) is 0 Å². The maximum Gasteiger partial charge on any atom is 0.122 e. The zero-order chi connectivity index (χ0) is 10.6. The van der Waals surface area contributed by atoms with Crippen LogP contribution in [0.15, 0.2) is 18.2 Å². The Kier molecular flexibility index (Phi) is 3.89.